The summed E-state index contributed by atoms with van der Waals surface area (Å²) in [5.74, 6) is 0. The Morgan fingerprint density at radius 3 is 1.52 bits per heavy atom. The zero-order valence-electron chi connectivity index (χ0n) is 17.9. The molecule has 7 aromatic rings. The SMILES string of the molecule is Ic1cccc(-n2c3ccccc3c3ccccc32)c1.c1ccc2c(c1)[nH]c1ccccc12. The van der Waals surface area contributed by atoms with Crippen molar-refractivity contribution < 1.29 is 0 Å². The smallest absolute Gasteiger partial charge is 0.0541 e. The van der Waals surface area contributed by atoms with Crippen molar-refractivity contribution in [3.63, 3.8) is 0 Å². The van der Waals surface area contributed by atoms with Crippen LogP contribution in [0.15, 0.2) is 121 Å². The molecule has 0 fully saturated rings. The Kier molecular flexibility index (Phi) is 5.11. The van der Waals surface area contributed by atoms with Crippen molar-refractivity contribution in [3.8, 4) is 5.69 Å². The highest BCUT2D eigenvalue weighted by Crippen LogP contribution is 2.32. The molecule has 0 saturated heterocycles. The van der Waals surface area contributed by atoms with Crippen LogP contribution in [0.4, 0.5) is 0 Å². The molecule has 158 valence electrons. The van der Waals surface area contributed by atoms with Crippen LogP contribution in [0.5, 0.6) is 0 Å². The molecule has 0 saturated carbocycles. The van der Waals surface area contributed by atoms with Gasteiger partial charge in [0.05, 0.1) is 11.0 Å². The first-order chi connectivity index (χ1) is 16.3. The highest BCUT2D eigenvalue weighted by molar-refractivity contribution is 14.1. The van der Waals surface area contributed by atoms with Gasteiger partial charge >= 0.3 is 0 Å². The van der Waals surface area contributed by atoms with E-state index in [1.54, 1.807) is 0 Å². The molecule has 0 amide bonds. The monoisotopic (exact) mass is 536 g/mol. The summed E-state index contributed by atoms with van der Waals surface area (Å²) in [5, 5.41) is 5.22. The van der Waals surface area contributed by atoms with Crippen LogP contribution in [0, 0.1) is 3.57 Å². The van der Waals surface area contributed by atoms with Crippen LogP contribution in [0.2, 0.25) is 0 Å². The van der Waals surface area contributed by atoms with Gasteiger partial charge < -0.3 is 9.55 Å². The molecule has 0 unspecified atom stereocenters. The summed E-state index contributed by atoms with van der Waals surface area (Å²) >= 11 is 2.36. The van der Waals surface area contributed by atoms with Gasteiger partial charge in [0, 0.05) is 41.8 Å². The number of H-pyrrole nitrogens is 1. The standard InChI is InChI=1S/C18H12IN.C12H9N/c19-13-6-5-7-14(12-13)20-17-10-3-1-8-15(17)16-9-2-4-11-18(16)20;1-3-7-11-9(5-1)10-6-2-4-8-12(10)13-11/h1-12H;1-8,13H. The average Bonchev–Trinajstić information content (AvgIpc) is 3.40. The van der Waals surface area contributed by atoms with E-state index in [4.69, 9.17) is 0 Å². The third-order valence-corrected chi connectivity index (χ3v) is 6.73. The minimum absolute atomic E-state index is 1.21. The molecule has 7 rings (SSSR count). The number of rotatable bonds is 1. The number of aromatic nitrogens is 2. The van der Waals surface area contributed by atoms with Gasteiger partial charge in [0.1, 0.15) is 0 Å². The summed E-state index contributed by atoms with van der Waals surface area (Å²) in [7, 11) is 0. The molecule has 2 nitrogen and oxygen atoms in total. The Labute approximate surface area is 205 Å². The molecule has 0 atom stereocenters. The van der Waals surface area contributed by atoms with Crippen molar-refractivity contribution in [2.75, 3.05) is 0 Å². The van der Waals surface area contributed by atoms with E-state index in [2.05, 4.69) is 153 Å². The summed E-state index contributed by atoms with van der Waals surface area (Å²) in [4.78, 5) is 3.38. The molecular formula is C30H21IN2. The zero-order chi connectivity index (χ0) is 22.2. The Balaban J connectivity index is 0.000000137. The van der Waals surface area contributed by atoms with Crippen molar-refractivity contribution in [1.82, 2.24) is 9.55 Å². The van der Waals surface area contributed by atoms with Gasteiger partial charge in [0.15, 0.2) is 0 Å². The first-order valence-electron chi connectivity index (χ1n) is 11.0. The lowest BCUT2D eigenvalue weighted by molar-refractivity contribution is 1.18. The van der Waals surface area contributed by atoms with E-state index in [0.717, 1.165) is 0 Å². The first kappa shape index (κ1) is 20.1. The average molecular weight is 536 g/mol. The topological polar surface area (TPSA) is 20.7 Å². The third kappa shape index (κ3) is 3.58. The number of nitrogens with one attached hydrogen (secondary N) is 1. The molecule has 0 spiro atoms. The van der Waals surface area contributed by atoms with E-state index < -0.39 is 0 Å². The second kappa shape index (κ2) is 8.41. The van der Waals surface area contributed by atoms with Crippen LogP contribution >= 0.6 is 22.6 Å². The lowest BCUT2D eigenvalue weighted by atomic mass is 10.2. The maximum Gasteiger partial charge on any atom is 0.0541 e. The van der Waals surface area contributed by atoms with Crippen LogP contribution in [-0.2, 0) is 0 Å². The number of hydrogen-bond donors (Lipinski definition) is 1. The predicted octanol–water partition coefficient (Wildman–Crippen LogP) is 8.71. The van der Waals surface area contributed by atoms with Crippen molar-refractivity contribution in [2.45, 2.75) is 0 Å². The molecule has 33 heavy (non-hydrogen) atoms. The van der Waals surface area contributed by atoms with Gasteiger partial charge in [-0.1, -0.05) is 78.9 Å². The second-order valence-corrected chi connectivity index (χ2v) is 9.31. The Bertz CT molecular complexity index is 1640. The summed E-state index contributed by atoms with van der Waals surface area (Å²) in [5.41, 5.74) is 6.16. The van der Waals surface area contributed by atoms with E-state index in [-0.39, 0.29) is 0 Å². The number of halogens is 1. The number of para-hydroxylation sites is 4. The highest BCUT2D eigenvalue weighted by atomic mass is 127. The minimum Gasteiger partial charge on any atom is -0.355 e. The van der Waals surface area contributed by atoms with E-state index in [9.17, 15) is 0 Å². The fourth-order valence-corrected chi connectivity index (χ4v) is 5.14. The third-order valence-electron chi connectivity index (χ3n) is 6.06. The maximum absolute atomic E-state index is 3.38. The Morgan fingerprint density at radius 1 is 0.485 bits per heavy atom. The van der Waals surface area contributed by atoms with Gasteiger partial charge in [-0.15, -0.1) is 0 Å². The Morgan fingerprint density at radius 2 is 0.970 bits per heavy atom. The summed E-state index contributed by atoms with van der Waals surface area (Å²) in [6, 6.07) is 42.6. The molecule has 0 aliphatic rings. The van der Waals surface area contributed by atoms with Crippen LogP contribution in [0.3, 0.4) is 0 Å². The summed E-state index contributed by atoms with van der Waals surface area (Å²) < 4.78 is 3.59. The van der Waals surface area contributed by atoms with Crippen molar-refractivity contribution in [2.24, 2.45) is 0 Å². The zero-order valence-corrected chi connectivity index (χ0v) is 20.0. The molecule has 0 bridgehead atoms. The van der Waals surface area contributed by atoms with Crippen molar-refractivity contribution in [1.29, 1.82) is 0 Å². The van der Waals surface area contributed by atoms with Crippen LogP contribution in [0.25, 0.3) is 49.3 Å². The van der Waals surface area contributed by atoms with Gasteiger partial charge in [0.25, 0.3) is 0 Å². The quantitative estimate of drug-likeness (QED) is 0.203. The molecular weight excluding hydrogens is 515 g/mol. The molecule has 0 aliphatic heterocycles. The Hall–Kier alpha value is -3.57. The van der Waals surface area contributed by atoms with Gasteiger partial charge in [-0.2, -0.15) is 0 Å². The molecule has 3 heteroatoms. The van der Waals surface area contributed by atoms with Crippen molar-refractivity contribution in [3.05, 3.63) is 125 Å². The van der Waals surface area contributed by atoms with Gasteiger partial charge in [-0.05, 0) is 65.1 Å². The van der Waals surface area contributed by atoms with Crippen molar-refractivity contribution >= 4 is 66.2 Å². The molecule has 0 aliphatic carbocycles. The maximum atomic E-state index is 3.38. The van der Waals surface area contributed by atoms with E-state index in [1.165, 1.54) is 52.9 Å². The van der Waals surface area contributed by atoms with Gasteiger partial charge in [-0.3, -0.25) is 0 Å². The van der Waals surface area contributed by atoms with Gasteiger partial charge in [0.2, 0.25) is 0 Å². The molecule has 5 aromatic carbocycles. The summed E-state index contributed by atoms with van der Waals surface area (Å²) in [6.45, 7) is 0. The minimum atomic E-state index is 1.21. The normalized spacial score (nSPS) is 11.2. The lowest BCUT2D eigenvalue weighted by Gasteiger charge is -2.07. The molecule has 2 heterocycles. The largest absolute Gasteiger partial charge is 0.355 e. The highest BCUT2D eigenvalue weighted by Gasteiger charge is 2.10. The van der Waals surface area contributed by atoms with Crippen LogP contribution in [0.1, 0.15) is 0 Å². The number of fused-ring (bicyclic) bond motifs is 6. The molecule has 1 N–H and O–H groups in total. The van der Waals surface area contributed by atoms with Crippen LogP contribution in [-0.4, -0.2) is 9.55 Å². The fraction of sp³-hybridized carbons (Fsp3) is 0. The fourth-order valence-electron chi connectivity index (χ4n) is 4.61. The number of aromatic amines is 1. The second-order valence-electron chi connectivity index (χ2n) is 8.07. The van der Waals surface area contributed by atoms with Crippen LogP contribution < -0.4 is 0 Å². The number of hydrogen-bond acceptors (Lipinski definition) is 0. The van der Waals surface area contributed by atoms with Gasteiger partial charge in [-0.25, -0.2) is 0 Å². The molecule has 2 aromatic heterocycles. The van der Waals surface area contributed by atoms with E-state index in [0.29, 0.717) is 0 Å². The predicted molar refractivity (Wildman–Crippen MR) is 149 cm³/mol. The number of benzene rings is 5. The first-order valence-corrected chi connectivity index (χ1v) is 12.1. The van der Waals surface area contributed by atoms with E-state index in [1.807, 2.05) is 0 Å². The lowest BCUT2D eigenvalue weighted by Crippen LogP contribution is -1.93. The molecule has 0 radical (unpaired) electrons. The number of nitrogens with zero attached hydrogens (tertiary/aromatic N) is 1. The van der Waals surface area contributed by atoms with E-state index >= 15 is 0 Å². The summed E-state index contributed by atoms with van der Waals surface area (Å²) in [6.07, 6.45) is 0.